The van der Waals surface area contributed by atoms with Crippen molar-refractivity contribution < 1.29 is 87.0 Å². The van der Waals surface area contributed by atoms with E-state index >= 15 is 0 Å². The smallest absolute Gasteiger partial charge is 0.406 e. The molecule has 514 valence electrons. The van der Waals surface area contributed by atoms with Crippen LogP contribution in [0.2, 0.25) is 0 Å². The average Bonchev–Trinajstić information content (AvgIpc) is 0.790. The van der Waals surface area contributed by atoms with Crippen LogP contribution in [0.25, 0.3) is 43.6 Å². The molecule has 4 aromatic carbocycles. The maximum absolute atomic E-state index is 13.7. The fourth-order valence-electron chi connectivity index (χ4n) is 8.74. The van der Waals surface area contributed by atoms with Crippen molar-refractivity contribution in [3.8, 4) is 29.7 Å². The maximum Gasteiger partial charge on any atom is 0.573 e. The molecule has 0 aliphatic rings. The Hall–Kier alpha value is -12.5. The third kappa shape index (κ3) is 18.8. The van der Waals surface area contributed by atoms with Gasteiger partial charge in [0.25, 0.3) is 40.1 Å². The van der Waals surface area contributed by atoms with E-state index in [1.165, 1.54) is 116 Å². The van der Waals surface area contributed by atoms with Gasteiger partial charge in [0.1, 0.15) is 72.2 Å². The van der Waals surface area contributed by atoms with Crippen molar-refractivity contribution in [1.82, 2.24) is 39.9 Å². The number of aromatic nitrogens is 8. The van der Waals surface area contributed by atoms with Gasteiger partial charge in [-0.2, -0.15) is 29.0 Å². The van der Waals surface area contributed by atoms with Crippen molar-refractivity contribution in [3.63, 3.8) is 0 Å². The van der Waals surface area contributed by atoms with E-state index in [0.29, 0.717) is 10.9 Å². The zero-order chi connectivity index (χ0) is 73.1. The van der Waals surface area contributed by atoms with E-state index in [2.05, 4.69) is 68.2 Å². The minimum Gasteiger partial charge on any atom is -0.406 e. The van der Waals surface area contributed by atoms with E-state index in [9.17, 15) is 77.6 Å². The summed E-state index contributed by atoms with van der Waals surface area (Å²) in [6.45, 7) is 0. The summed E-state index contributed by atoms with van der Waals surface area (Å²) in [6, 6.07) is 35.3. The van der Waals surface area contributed by atoms with Crippen LogP contribution in [0.15, 0.2) is 221 Å². The van der Waals surface area contributed by atoms with Gasteiger partial charge in [0.05, 0.1) is 50.4 Å². The summed E-state index contributed by atoms with van der Waals surface area (Å²) in [7, 11) is -16.3. The number of ether oxygens (including phenoxy) is 2. The van der Waals surface area contributed by atoms with Gasteiger partial charge in [-0.3, -0.25) is 43.8 Å². The number of hydrogen-bond donors (Lipinski definition) is 4. The lowest BCUT2D eigenvalue weighted by Gasteiger charge is -2.14. The second-order valence-electron chi connectivity index (χ2n) is 19.9. The van der Waals surface area contributed by atoms with Crippen LogP contribution < -0.4 is 28.4 Å². The van der Waals surface area contributed by atoms with Crippen LogP contribution in [0.5, 0.6) is 11.5 Å². The minimum absolute atomic E-state index is 0.0154. The Morgan fingerprint density at radius 1 is 0.366 bits per heavy atom. The molecule has 0 saturated carbocycles. The van der Waals surface area contributed by atoms with E-state index in [1.54, 1.807) is 30.3 Å². The second kappa shape index (κ2) is 29.7. The third-order valence-electron chi connectivity index (χ3n) is 13.0. The zero-order valence-corrected chi connectivity index (χ0v) is 53.2. The van der Waals surface area contributed by atoms with Crippen LogP contribution in [0.4, 0.5) is 66.7 Å². The SMILES string of the molecule is N#Cc1ccc(S(=O)(=O)Nc2cc(F)cc3cccnc23)cn1.N#Cc1ccc(S(=O)(=O)Nc2cc(OC(F)(F)F)cc3cccnc23)cn1.N#Cc1ccc(S(=O)(=O)Nc2ccc(C(F)(F)F)c3cccnc23)cn1.O=S(=O)(Nc1cc(OC(F)(F)F)cc2cccnc12)c1cccnc1. The second-order valence-corrected chi connectivity index (χ2v) is 26.6. The van der Waals surface area contributed by atoms with Gasteiger partial charge in [-0.05, 0) is 103 Å². The highest BCUT2D eigenvalue weighted by Crippen LogP contribution is 2.39. The predicted molar refractivity (Wildman–Crippen MR) is 340 cm³/mol. The average molecular weight is 1470 g/mol. The number of fused-ring (bicyclic) bond motifs is 4. The molecule has 8 aromatic heterocycles. The molecule has 12 rings (SSSR count). The Bertz CT molecular complexity index is 5710. The summed E-state index contributed by atoms with van der Waals surface area (Å²) in [4.78, 5) is 30.0. The Morgan fingerprint density at radius 3 is 1.08 bits per heavy atom. The van der Waals surface area contributed by atoms with Crippen molar-refractivity contribution in [1.29, 1.82) is 15.8 Å². The number of halogens is 10. The highest BCUT2D eigenvalue weighted by atomic mass is 32.2. The van der Waals surface area contributed by atoms with Crippen molar-refractivity contribution >= 4 is 106 Å². The number of rotatable bonds is 14. The number of nitriles is 3. The van der Waals surface area contributed by atoms with E-state index in [1.807, 2.05) is 0 Å². The molecule has 39 heteroatoms. The van der Waals surface area contributed by atoms with E-state index < -0.39 is 81.9 Å². The molecule has 0 atom stereocenters. The van der Waals surface area contributed by atoms with Gasteiger partial charge in [0.15, 0.2) is 0 Å². The van der Waals surface area contributed by atoms with Gasteiger partial charge in [-0.15, -0.1) is 26.3 Å². The Balaban J connectivity index is 0.000000157. The van der Waals surface area contributed by atoms with E-state index in [-0.39, 0.29) is 92.1 Å². The molecule has 0 saturated heterocycles. The van der Waals surface area contributed by atoms with Crippen molar-refractivity contribution in [3.05, 3.63) is 230 Å². The number of anilines is 4. The summed E-state index contributed by atoms with van der Waals surface area (Å²) >= 11 is 0. The molecule has 12 aromatic rings. The largest absolute Gasteiger partial charge is 0.573 e. The molecule has 8 heterocycles. The third-order valence-corrected chi connectivity index (χ3v) is 18.4. The van der Waals surface area contributed by atoms with Crippen LogP contribution in [0, 0.1) is 39.8 Å². The Morgan fingerprint density at radius 2 is 0.723 bits per heavy atom. The van der Waals surface area contributed by atoms with E-state index in [4.69, 9.17) is 15.8 Å². The molecule has 101 heavy (non-hydrogen) atoms. The van der Waals surface area contributed by atoms with Crippen LogP contribution >= 0.6 is 0 Å². The Labute approximate surface area is 563 Å². The molecule has 0 fully saturated rings. The first-order chi connectivity index (χ1) is 47.6. The number of alkyl halides is 9. The highest BCUT2D eigenvalue weighted by Gasteiger charge is 2.35. The molecule has 0 radical (unpaired) electrons. The molecule has 4 N–H and O–H groups in total. The van der Waals surface area contributed by atoms with Gasteiger partial charge in [0, 0.05) is 95.5 Å². The standard InChI is InChI=1S/C16H9F3N4O3S.C16H9F3N4O2S.C15H10F3N3O3S.C15H9FN4O2S/c17-16(18,19)26-12-6-10-2-1-5-21-15(10)14(7-12)23-27(24,25)13-4-3-11(8-20)22-9-13;17-16(18,19)13-5-6-14(15-12(13)2-1-7-21-15)23-26(24,25)11-4-3-10(8-20)22-9-11;16-15(17,18)24-11-7-10-3-1-6-20-14(10)13(8-11)21-25(22,23)12-4-2-5-19-9-12;16-11-6-10-2-1-5-18-15(10)14(7-11)20-23(21,22)13-4-3-12(8-17)19-9-13/h1-7,9,23H;1-7,9,23H;1-9,21H;1-7,9,20H. The van der Waals surface area contributed by atoms with Gasteiger partial charge >= 0.3 is 18.9 Å². The molecule has 25 nitrogen and oxygen atoms in total. The zero-order valence-electron chi connectivity index (χ0n) is 50.0. The molecule has 0 spiro atoms. The lowest BCUT2D eigenvalue weighted by molar-refractivity contribution is -0.275. The van der Waals surface area contributed by atoms with E-state index in [0.717, 1.165) is 73.3 Å². The topological polar surface area (TPSA) is 378 Å². The highest BCUT2D eigenvalue weighted by molar-refractivity contribution is 7.93. The number of hydrogen-bond acceptors (Lipinski definition) is 21. The molecular weight excluding hydrogens is 1430 g/mol. The summed E-state index contributed by atoms with van der Waals surface area (Å²) in [5.41, 5.74) is -0.647. The monoisotopic (exact) mass is 1470 g/mol. The predicted octanol–water partition coefficient (Wildman–Crippen LogP) is 12.3. The Kier molecular flexibility index (Phi) is 21.4. The molecule has 0 amide bonds. The number of benzene rings is 4. The summed E-state index contributed by atoms with van der Waals surface area (Å²) in [5, 5.41) is 26.9. The number of nitrogens with zero attached hydrogens (tertiary/aromatic N) is 11. The van der Waals surface area contributed by atoms with Crippen LogP contribution in [0.3, 0.4) is 0 Å². The fraction of sp³-hybridized carbons (Fsp3) is 0.0484. The van der Waals surface area contributed by atoms with Gasteiger partial charge in [-0.1, -0.05) is 24.3 Å². The van der Waals surface area contributed by atoms with Gasteiger partial charge in [0.2, 0.25) is 0 Å². The van der Waals surface area contributed by atoms with Crippen LogP contribution in [0.1, 0.15) is 22.6 Å². The summed E-state index contributed by atoms with van der Waals surface area (Å²) in [6.07, 6.45) is -3.40. The molecular formula is C62H37F10N15O10S4. The first kappa shape index (κ1) is 72.8. The quantitative estimate of drug-likeness (QED) is 0.0735. The molecule has 0 bridgehead atoms. The number of pyridine rings is 8. The summed E-state index contributed by atoms with van der Waals surface area (Å²) in [5.74, 6) is -1.74. The first-order valence-electron chi connectivity index (χ1n) is 27.5. The molecule has 0 aliphatic heterocycles. The minimum atomic E-state index is -4.94. The number of nitrogens with one attached hydrogen (secondary N) is 4. The molecule has 0 unspecified atom stereocenters. The van der Waals surface area contributed by atoms with Crippen LogP contribution in [-0.2, 0) is 46.3 Å². The van der Waals surface area contributed by atoms with Gasteiger partial charge in [-0.25, -0.2) is 53.0 Å². The molecule has 0 aliphatic carbocycles. The van der Waals surface area contributed by atoms with Gasteiger partial charge < -0.3 is 9.47 Å². The van der Waals surface area contributed by atoms with Crippen molar-refractivity contribution in [2.45, 2.75) is 38.5 Å². The summed E-state index contributed by atoms with van der Waals surface area (Å²) < 4.78 is 244. The lowest BCUT2D eigenvalue weighted by Crippen LogP contribution is -2.18. The van der Waals surface area contributed by atoms with Crippen molar-refractivity contribution in [2.24, 2.45) is 0 Å². The first-order valence-corrected chi connectivity index (χ1v) is 33.5. The maximum atomic E-state index is 13.7. The fourth-order valence-corrected chi connectivity index (χ4v) is 12.8. The normalized spacial score (nSPS) is 11.8. The lowest BCUT2D eigenvalue weighted by atomic mass is 10.1. The number of sulfonamides is 4. The van der Waals surface area contributed by atoms with Crippen LogP contribution in [-0.4, -0.2) is 86.3 Å². The van der Waals surface area contributed by atoms with Crippen molar-refractivity contribution in [2.75, 3.05) is 18.9 Å².